The lowest BCUT2D eigenvalue weighted by molar-refractivity contribution is -0.144. The van der Waals surface area contributed by atoms with E-state index in [4.69, 9.17) is 14.2 Å². The minimum Gasteiger partial charge on any atom is -0.454 e. The third kappa shape index (κ3) is 4.85. The van der Waals surface area contributed by atoms with E-state index in [1.54, 1.807) is 18.2 Å². The van der Waals surface area contributed by atoms with Gasteiger partial charge in [0.05, 0.1) is 6.04 Å². The third-order valence-electron chi connectivity index (χ3n) is 3.96. The number of carbonyl (C=O) groups is 2. The zero-order valence-electron chi connectivity index (χ0n) is 14.9. The molecule has 1 N–H and O–H groups in total. The SMILES string of the molecule is C[C@H](NC(=O)COC(=O)/C=C/c1ccc2c(c1)OCO2)c1ccc(F)cc1F. The number of carbonyl (C=O) groups excluding carboxylic acids is 2. The molecule has 1 amide bonds. The number of rotatable bonds is 6. The third-order valence-corrected chi connectivity index (χ3v) is 3.96. The van der Waals surface area contributed by atoms with Gasteiger partial charge in [-0.3, -0.25) is 4.79 Å². The first-order valence-corrected chi connectivity index (χ1v) is 8.41. The number of benzene rings is 2. The first kappa shape index (κ1) is 19.3. The van der Waals surface area contributed by atoms with E-state index in [-0.39, 0.29) is 12.4 Å². The second-order valence-electron chi connectivity index (χ2n) is 6.01. The molecule has 2 aromatic rings. The van der Waals surface area contributed by atoms with Crippen LogP contribution in [0, 0.1) is 11.6 Å². The number of amides is 1. The largest absolute Gasteiger partial charge is 0.454 e. The molecule has 0 aromatic heterocycles. The fourth-order valence-corrected chi connectivity index (χ4v) is 2.58. The van der Waals surface area contributed by atoms with Crippen molar-refractivity contribution in [2.24, 2.45) is 0 Å². The van der Waals surface area contributed by atoms with Gasteiger partial charge in [-0.15, -0.1) is 0 Å². The predicted molar refractivity (Wildman–Crippen MR) is 95.5 cm³/mol. The van der Waals surface area contributed by atoms with Crippen molar-refractivity contribution in [2.45, 2.75) is 13.0 Å². The van der Waals surface area contributed by atoms with Crippen LogP contribution >= 0.6 is 0 Å². The van der Waals surface area contributed by atoms with Crippen LogP contribution in [-0.4, -0.2) is 25.3 Å². The molecule has 146 valence electrons. The lowest BCUT2D eigenvalue weighted by Crippen LogP contribution is -2.31. The molecule has 2 aromatic carbocycles. The minimum atomic E-state index is -0.767. The molecule has 0 radical (unpaired) electrons. The Morgan fingerprint density at radius 3 is 2.75 bits per heavy atom. The Hall–Kier alpha value is -3.42. The van der Waals surface area contributed by atoms with Crippen molar-refractivity contribution in [1.82, 2.24) is 5.32 Å². The van der Waals surface area contributed by atoms with E-state index in [1.165, 1.54) is 25.1 Å². The smallest absolute Gasteiger partial charge is 0.331 e. The van der Waals surface area contributed by atoms with Gasteiger partial charge in [0.25, 0.3) is 5.91 Å². The molecular formula is C20H17F2NO5. The van der Waals surface area contributed by atoms with Crippen molar-refractivity contribution in [3.8, 4) is 11.5 Å². The highest BCUT2D eigenvalue weighted by Gasteiger charge is 2.15. The molecular weight excluding hydrogens is 372 g/mol. The monoisotopic (exact) mass is 389 g/mol. The van der Waals surface area contributed by atoms with Crippen LogP contribution in [0.3, 0.4) is 0 Å². The molecule has 0 bridgehead atoms. The molecule has 8 heteroatoms. The van der Waals surface area contributed by atoms with Crippen LogP contribution in [0.15, 0.2) is 42.5 Å². The Kier molecular flexibility index (Phi) is 5.88. The second kappa shape index (κ2) is 8.51. The van der Waals surface area contributed by atoms with E-state index >= 15 is 0 Å². The average Bonchev–Trinajstić information content (AvgIpc) is 3.12. The lowest BCUT2D eigenvalue weighted by Gasteiger charge is -2.15. The molecule has 1 aliphatic rings. The quantitative estimate of drug-likeness (QED) is 0.607. The maximum atomic E-state index is 13.7. The molecule has 0 saturated carbocycles. The van der Waals surface area contributed by atoms with E-state index in [2.05, 4.69) is 5.32 Å². The summed E-state index contributed by atoms with van der Waals surface area (Å²) in [4.78, 5) is 23.6. The summed E-state index contributed by atoms with van der Waals surface area (Å²) in [6.45, 7) is 1.16. The van der Waals surface area contributed by atoms with Crippen molar-refractivity contribution in [2.75, 3.05) is 13.4 Å². The summed E-state index contributed by atoms with van der Waals surface area (Å²) in [5, 5.41) is 2.48. The molecule has 0 spiro atoms. The highest BCUT2D eigenvalue weighted by atomic mass is 19.1. The van der Waals surface area contributed by atoms with Gasteiger partial charge in [0, 0.05) is 17.7 Å². The average molecular weight is 389 g/mol. The van der Waals surface area contributed by atoms with Gasteiger partial charge in [-0.05, 0) is 36.8 Å². The van der Waals surface area contributed by atoms with Crippen LogP contribution in [0.1, 0.15) is 24.1 Å². The van der Waals surface area contributed by atoms with E-state index in [0.29, 0.717) is 17.1 Å². The first-order valence-electron chi connectivity index (χ1n) is 8.41. The van der Waals surface area contributed by atoms with Gasteiger partial charge in [-0.2, -0.15) is 0 Å². The van der Waals surface area contributed by atoms with Gasteiger partial charge in [-0.25, -0.2) is 13.6 Å². The first-order chi connectivity index (χ1) is 13.4. The van der Waals surface area contributed by atoms with Crippen LogP contribution < -0.4 is 14.8 Å². The number of esters is 1. The Morgan fingerprint density at radius 2 is 1.96 bits per heavy atom. The topological polar surface area (TPSA) is 73.9 Å². The molecule has 1 aliphatic heterocycles. The Balaban J connectivity index is 1.48. The van der Waals surface area contributed by atoms with Crippen LogP contribution in [-0.2, 0) is 14.3 Å². The second-order valence-corrected chi connectivity index (χ2v) is 6.01. The summed E-state index contributed by atoms with van der Waals surface area (Å²) in [5.41, 5.74) is 0.829. The Bertz CT molecular complexity index is 929. The number of halogens is 2. The van der Waals surface area contributed by atoms with E-state index in [1.807, 2.05) is 0 Å². The lowest BCUT2D eigenvalue weighted by atomic mass is 10.1. The molecule has 6 nitrogen and oxygen atoms in total. The van der Waals surface area contributed by atoms with Crippen molar-refractivity contribution < 1.29 is 32.6 Å². The zero-order valence-corrected chi connectivity index (χ0v) is 14.9. The molecule has 1 atom stereocenters. The van der Waals surface area contributed by atoms with Gasteiger partial charge < -0.3 is 19.5 Å². The van der Waals surface area contributed by atoms with Crippen LogP contribution in [0.2, 0.25) is 0 Å². The molecule has 0 unspecified atom stereocenters. The molecule has 0 saturated heterocycles. The number of fused-ring (bicyclic) bond motifs is 1. The van der Waals surface area contributed by atoms with E-state index in [9.17, 15) is 18.4 Å². The predicted octanol–water partition coefficient (Wildman–Crippen LogP) is 3.13. The molecule has 0 aliphatic carbocycles. The normalized spacial score (nSPS) is 13.4. The zero-order chi connectivity index (χ0) is 20.1. The Labute approximate surface area is 159 Å². The van der Waals surface area contributed by atoms with Gasteiger partial charge in [0.2, 0.25) is 6.79 Å². The summed E-state index contributed by atoms with van der Waals surface area (Å²) < 4.78 is 41.9. The van der Waals surface area contributed by atoms with Crippen molar-refractivity contribution >= 4 is 18.0 Å². The van der Waals surface area contributed by atoms with Crippen molar-refractivity contribution in [3.63, 3.8) is 0 Å². The van der Waals surface area contributed by atoms with Gasteiger partial charge >= 0.3 is 5.97 Å². The fourth-order valence-electron chi connectivity index (χ4n) is 2.58. The van der Waals surface area contributed by atoms with E-state index in [0.717, 1.165) is 12.1 Å². The number of hydrogen-bond acceptors (Lipinski definition) is 5. The van der Waals surface area contributed by atoms with Gasteiger partial charge in [0.15, 0.2) is 18.1 Å². The maximum Gasteiger partial charge on any atom is 0.331 e. The molecule has 1 heterocycles. The highest BCUT2D eigenvalue weighted by molar-refractivity contribution is 5.89. The van der Waals surface area contributed by atoms with E-state index < -0.39 is 36.2 Å². The van der Waals surface area contributed by atoms with Crippen LogP contribution in [0.5, 0.6) is 11.5 Å². The standard InChI is InChI=1S/C20H17F2NO5/c1-12(15-5-4-14(21)9-16(15)22)23-19(24)10-26-20(25)7-3-13-2-6-17-18(8-13)28-11-27-17/h2-9,12H,10-11H2,1H3,(H,23,24)/b7-3+/t12-/m0/s1. The summed E-state index contributed by atoms with van der Waals surface area (Å²) in [6, 6.07) is 7.53. The van der Waals surface area contributed by atoms with Crippen molar-refractivity contribution in [3.05, 3.63) is 65.2 Å². The van der Waals surface area contributed by atoms with Gasteiger partial charge in [-0.1, -0.05) is 12.1 Å². The summed E-state index contributed by atoms with van der Waals surface area (Å²) in [5.74, 6) is -1.59. The summed E-state index contributed by atoms with van der Waals surface area (Å²) in [7, 11) is 0. The molecule has 3 rings (SSSR count). The number of nitrogens with one attached hydrogen (secondary N) is 1. The maximum absolute atomic E-state index is 13.7. The summed E-state index contributed by atoms with van der Waals surface area (Å²) in [6.07, 6.45) is 2.69. The van der Waals surface area contributed by atoms with Crippen LogP contribution in [0.25, 0.3) is 6.08 Å². The van der Waals surface area contributed by atoms with Gasteiger partial charge in [0.1, 0.15) is 11.6 Å². The minimum absolute atomic E-state index is 0.129. The highest BCUT2D eigenvalue weighted by Crippen LogP contribution is 2.32. The molecule has 28 heavy (non-hydrogen) atoms. The number of hydrogen-bond donors (Lipinski definition) is 1. The van der Waals surface area contributed by atoms with Crippen LogP contribution in [0.4, 0.5) is 8.78 Å². The van der Waals surface area contributed by atoms with Crippen molar-refractivity contribution in [1.29, 1.82) is 0 Å². The number of ether oxygens (including phenoxy) is 3. The fraction of sp³-hybridized carbons (Fsp3) is 0.200. The molecule has 0 fully saturated rings. The Morgan fingerprint density at radius 1 is 1.18 bits per heavy atom. The summed E-state index contributed by atoms with van der Waals surface area (Å²) >= 11 is 0.